The van der Waals surface area contributed by atoms with Crippen LogP contribution >= 0.6 is 0 Å². The van der Waals surface area contributed by atoms with Crippen LogP contribution < -0.4 is 10.6 Å². The second-order valence-corrected chi connectivity index (χ2v) is 2.40. The van der Waals surface area contributed by atoms with E-state index in [1.54, 1.807) is 0 Å². The Labute approximate surface area is 54.6 Å². The fourth-order valence-corrected chi connectivity index (χ4v) is 1.28. The van der Waals surface area contributed by atoms with Crippen LogP contribution in [0, 0.1) is 0 Å². The molecule has 0 saturated carbocycles. The third kappa shape index (κ3) is 0.754. The van der Waals surface area contributed by atoms with E-state index in [1.165, 1.54) is 5.70 Å². The summed E-state index contributed by atoms with van der Waals surface area (Å²) >= 11 is 0. The number of fused-ring (bicyclic) bond motifs is 1. The Morgan fingerprint density at radius 3 is 3.44 bits per heavy atom. The minimum atomic E-state index is 0.579. The van der Waals surface area contributed by atoms with Crippen LogP contribution in [0.4, 0.5) is 0 Å². The van der Waals surface area contributed by atoms with Crippen molar-refractivity contribution in [2.45, 2.75) is 12.5 Å². The first-order valence-electron chi connectivity index (χ1n) is 3.31. The molecule has 9 heavy (non-hydrogen) atoms. The third-order valence-electron chi connectivity index (χ3n) is 1.80. The second-order valence-electron chi connectivity index (χ2n) is 2.40. The largest absolute Gasteiger partial charge is 0.374 e. The molecule has 0 amide bonds. The van der Waals surface area contributed by atoms with Gasteiger partial charge >= 0.3 is 0 Å². The van der Waals surface area contributed by atoms with E-state index in [1.807, 2.05) is 0 Å². The lowest BCUT2D eigenvalue weighted by Gasteiger charge is -2.10. The average molecular weight is 122 g/mol. The van der Waals surface area contributed by atoms with Crippen LogP contribution in [0.2, 0.25) is 0 Å². The summed E-state index contributed by atoms with van der Waals surface area (Å²) in [5.74, 6) is 0. The molecule has 2 N–H and O–H groups in total. The highest BCUT2D eigenvalue weighted by Crippen LogP contribution is 2.12. The summed E-state index contributed by atoms with van der Waals surface area (Å²) in [5, 5.41) is 6.59. The Morgan fingerprint density at radius 2 is 2.56 bits per heavy atom. The van der Waals surface area contributed by atoms with Crippen LogP contribution in [-0.4, -0.2) is 12.7 Å². The molecule has 0 bridgehead atoms. The highest BCUT2D eigenvalue weighted by molar-refractivity contribution is 5.24. The first-order chi connectivity index (χ1) is 4.47. The molecule has 2 heteroatoms. The van der Waals surface area contributed by atoms with E-state index in [9.17, 15) is 0 Å². The van der Waals surface area contributed by atoms with Crippen LogP contribution in [0.25, 0.3) is 0 Å². The smallest absolute Gasteiger partial charge is 0.0656 e. The molecule has 0 aromatic heterocycles. The van der Waals surface area contributed by atoms with Crippen LogP contribution in [0.15, 0.2) is 23.9 Å². The molecule has 1 aliphatic heterocycles. The van der Waals surface area contributed by atoms with Gasteiger partial charge in [0.15, 0.2) is 0 Å². The summed E-state index contributed by atoms with van der Waals surface area (Å²) in [6.07, 6.45) is 7.56. The quantitative estimate of drug-likeness (QED) is 0.484. The zero-order valence-electron chi connectivity index (χ0n) is 5.22. The SMILES string of the molecule is C1=CC[C@@H]2NCNC2=C1. The van der Waals surface area contributed by atoms with Crippen molar-refractivity contribution in [3.63, 3.8) is 0 Å². The highest BCUT2D eigenvalue weighted by Gasteiger charge is 2.18. The molecular weight excluding hydrogens is 112 g/mol. The summed E-state index contributed by atoms with van der Waals surface area (Å²) in [6, 6.07) is 0.579. The maximum Gasteiger partial charge on any atom is 0.0656 e. The van der Waals surface area contributed by atoms with Crippen molar-refractivity contribution in [3.05, 3.63) is 23.9 Å². The van der Waals surface area contributed by atoms with Gasteiger partial charge in [-0.3, -0.25) is 5.32 Å². The lowest BCUT2D eigenvalue weighted by atomic mass is 10.1. The van der Waals surface area contributed by atoms with Crippen molar-refractivity contribution < 1.29 is 0 Å². The van der Waals surface area contributed by atoms with Gasteiger partial charge in [-0.15, -0.1) is 0 Å². The molecule has 1 heterocycles. The predicted octanol–water partition coefficient (Wildman–Crippen LogP) is 0.349. The lowest BCUT2D eigenvalue weighted by Crippen LogP contribution is -2.22. The summed E-state index contributed by atoms with van der Waals surface area (Å²) in [7, 11) is 0. The molecule has 0 spiro atoms. The van der Waals surface area contributed by atoms with Crippen LogP contribution in [0.3, 0.4) is 0 Å². The topological polar surface area (TPSA) is 24.1 Å². The van der Waals surface area contributed by atoms with Crippen molar-refractivity contribution in [1.29, 1.82) is 0 Å². The van der Waals surface area contributed by atoms with Gasteiger partial charge in [0.25, 0.3) is 0 Å². The Hall–Kier alpha value is -0.760. The minimum Gasteiger partial charge on any atom is -0.374 e. The Bertz CT molecular complexity index is 170. The fraction of sp³-hybridized carbons (Fsp3) is 0.429. The number of nitrogens with one attached hydrogen (secondary N) is 2. The molecule has 1 saturated heterocycles. The van der Waals surface area contributed by atoms with Gasteiger partial charge in [-0.25, -0.2) is 0 Å². The molecule has 1 aliphatic carbocycles. The maximum atomic E-state index is 3.33. The van der Waals surface area contributed by atoms with E-state index in [2.05, 4.69) is 28.9 Å². The number of allylic oxidation sites excluding steroid dienone is 2. The molecule has 2 nitrogen and oxygen atoms in total. The number of hydrogen-bond donors (Lipinski definition) is 2. The van der Waals surface area contributed by atoms with Crippen LogP contribution in [0.5, 0.6) is 0 Å². The van der Waals surface area contributed by atoms with Crippen molar-refractivity contribution in [2.75, 3.05) is 6.67 Å². The maximum absolute atomic E-state index is 3.33. The van der Waals surface area contributed by atoms with Gasteiger partial charge in [-0.1, -0.05) is 12.2 Å². The molecule has 2 aliphatic rings. The molecule has 0 unspecified atom stereocenters. The van der Waals surface area contributed by atoms with Gasteiger partial charge in [-0.05, 0) is 12.5 Å². The normalized spacial score (nSPS) is 31.1. The van der Waals surface area contributed by atoms with Gasteiger partial charge in [0, 0.05) is 5.70 Å². The fourth-order valence-electron chi connectivity index (χ4n) is 1.28. The summed E-state index contributed by atoms with van der Waals surface area (Å²) in [5.41, 5.74) is 1.34. The molecule has 0 radical (unpaired) electrons. The molecule has 1 fully saturated rings. The molecule has 48 valence electrons. The van der Waals surface area contributed by atoms with Gasteiger partial charge in [0.05, 0.1) is 12.7 Å². The van der Waals surface area contributed by atoms with E-state index >= 15 is 0 Å². The van der Waals surface area contributed by atoms with E-state index in [0.717, 1.165) is 13.1 Å². The number of hydrogen-bond acceptors (Lipinski definition) is 2. The van der Waals surface area contributed by atoms with Crippen molar-refractivity contribution >= 4 is 0 Å². The Morgan fingerprint density at radius 1 is 1.56 bits per heavy atom. The van der Waals surface area contributed by atoms with E-state index in [4.69, 9.17) is 0 Å². The van der Waals surface area contributed by atoms with E-state index in [0.29, 0.717) is 6.04 Å². The zero-order valence-corrected chi connectivity index (χ0v) is 5.22. The van der Waals surface area contributed by atoms with Crippen molar-refractivity contribution in [3.8, 4) is 0 Å². The Kier molecular flexibility index (Phi) is 1.06. The predicted molar refractivity (Wildman–Crippen MR) is 36.8 cm³/mol. The molecule has 0 aromatic carbocycles. The lowest BCUT2D eigenvalue weighted by molar-refractivity contribution is 0.667. The standard InChI is InChI=1S/C7H10N2/c1-2-4-7-6(3-1)8-5-9-7/h1-3,7-9H,4-5H2/t7-/m0/s1. The first-order valence-corrected chi connectivity index (χ1v) is 3.31. The molecule has 1 atom stereocenters. The zero-order chi connectivity index (χ0) is 6.10. The summed E-state index contributed by atoms with van der Waals surface area (Å²) < 4.78 is 0. The van der Waals surface area contributed by atoms with Gasteiger partial charge in [0.1, 0.15) is 0 Å². The summed E-state index contributed by atoms with van der Waals surface area (Å²) in [6.45, 7) is 0.929. The average Bonchev–Trinajstić information content (AvgIpc) is 2.33. The highest BCUT2D eigenvalue weighted by atomic mass is 15.2. The molecular formula is C7H10N2. The van der Waals surface area contributed by atoms with Crippen molar-refractivity contribution in [2.24, 2.45) is 0 Å². The summed E-state index contributed by atoms with van der Waals surface area (Å²) in [4.78, 5) is 0. The van der Waals surface area contributed by atoms with E-state index in [-0.39, 0.29) is 0 Å². The Balaban J connectivity index is 2.23. The van der Waals surface area contributed by atoms with E-state index < -0.39 is 0 Å². The van der Waals surface area contributed by atoms with Gasteiger partial charge < -0.3 is 5.32 Å². The first kappa shape index (κ1) is 5.06. The minimum absolute atomic E-state index is 0.579. The van der Waals surface area contributed by atoms with Crippen LogP contribution in [0.1, 0.15) is 6.42 Å². The second kappa shape index (κ2) is 1.88. The van der Waals surface area contributed by atoms with Gasteiger partial charge in [-0.2, -0.15) is 0 Å². The van der Waals surface area contributed by atoms with Crippen LogP contribution in [-0.2, 0) is 0 Å². The monoisotopic (exact) mass is 122 g/mol. The third-order valence-corrected chi connectivity index (χ3v) is 1.80. The van der Waals surface area contributed by atoms with Crippen molar-refractivity contribution in [1.82, 2.24) is 10.6 Å². The molecule has 0 aromatic rings. The number of rotatable bonds is 0. The van der Waals surface area contributed by atoms with Gasteiger partial charge in [0.2, 0.25) is 0 Å². The molecule has 2 rings (SSSR count).